The number of rotatable bonds is 8. The van der Waals surface area contributed by atoms with Gasteiger partial charge in [-0.25, -0.2) is 9.38 Å². The van der Waals surface area contributed by atoms with Gasteiger partial charge in [0.25, 0.3) is 11.9 Å². The number of nitrogens with one attached hydrogen (secondary N) is 1. The number of carbonyl (C=O) groups excluding carboxylic acids is 1. The van der Waals surface area contributed by atoms with Gasteiger partial charge in [-0.2, -0.15) is 0 Å². The molecule has 0 unspecified atom stereocenters. The molecule has 0 aliphatic rings. The van der Waals surface area contributed by atoms with E-state index < -0.39 is 11.7 Å². The fourth-order valence-electron chi connectivity index (χ4n) is 1.60. The van der Waals surface area contributed by atoms with E-state index in [2.05, 4.69) is 17.2 Å². The second-order valence-electron chi connectivity index (χ2n) is 4.55. The molecule has 0 fully saturated rings. The smallest absolute Gasteiger partial charge is 0.291 e. The summed E-state index contributed by atoms with van der Waals surface area (Å²) < 4.78 is 23.7. The van der Waals surface area contributed by atoms with Crippen molar-refractivity contribution >= 4 is 11.9 Å². The molecule has 6 heteroatoms. The van der Waals surface area contributed by atoms with Crippen molar-refractivity contribution < 1.29 is 18.7 Å². The molecule has 0 aromatic heterocycles. The maximum absolute atomic E-state index is 13.1. The Labute approximate surface area is 130 Å². The molecule has 1 rings (SSSR count). The lowest BCUT2D eigenvalue weighted by Crippen LogP contribution is -2.33. The lowest BCUT2D eigenvalue weighted by Gasteiger charge is -2.11. The van der Waals surface area contributed by atoms with Crippen LogP contribution in [-0.4, -0.2) is 38.3 Å². The zero-order valence-electron chi connectivity index (χ0n) is 13.1. The van der Waals surface area contributed by atoms with Crippen LogP contribution in [0.15, 0.2) is 29.3 Å². The topological polar surface area (TPSA) is 59.9 Å². The van der Waals surface area contributed by atoms with Crippen LogP contribution in [0, 0.1) is 5.82 Å². The van der Waals surface area contributed by atoms with Gasteiger partial charge in [-0.1, -0.05) is 19.4 Å². The van der Waals surface area contributed by atoms with E-state index in [9.17, 15) is 9.18 Å². The van der Waals surface area contributed by atoms with E-state index in [1.54, 1.807) is 0 Å². The molecule has 0 heterocycles. The zero-order valence-corrected chi connectivity index (χ0v) is 13.1. The van der Waals surface area contributed by atoms with Gasteiger partial charge in [0.1, 0.15) is 12.4 Å². The van der Waals surface area contributed by atoms with Gasteiger partial charge in [0.05, 0.1) is 6.61 Å². The Bertz CT molecular complexity index is 492. The highest BCUT2D eigenvalue weighted by atomic mass is 19.1. The molecule has 0 aliphatic heterocycles. The largest absolute Gasteiger partial charge is 0.463 e. The van der Waals surface area contributed by atoms with Crippen LogP contribution >= 0.6 is 0 Å². The molecule has 0 aliphatic carbocycles. The van der Waals surface area contributed by atoms with Crippen LogP contribution in [0.5, 0.6) is 0 Å². The summed E-state index contributed by atoms with van der Waals surface area (Å²) in [5.41, 5.74) is 0.219. The number of amidine groups is 1. The molecule has 22 heavy (non-hydrogen) atoms. The molecule has 0 spiro atoms. The summed E-state index contributed by atoms with van der Waals surface area (Å²) in [6.45, 7) is 5.81. The highest BCUT2D eigenvalue weighted by Gasteiger charge is 2.10. The Morgan fingerprint density at radius 2 is 2.14 bits per heavy atom. The normalized spacial score (nSPS) is 11.3. The first-order valence-corrected chi connectivity index (χ1v) is 7.49. The lowest BCUT2D eigenvalue weighted by atomic mass is 10.2. The van der Waals surface area contributed by atoms with E-state index in [4.69, 9.17) is 9.47 Å². The predicted octanol–water partition coefficient (Wildman–Crippen LogP) is 2.76. The minimum absolute atomic E-state index is 0.141. The first-order valence-electron chi connectivity index (χ1n) is 7.49. The molecule has 1 aromatic carbocycles. The molecule has 1 N–H and O–H groups in total. The van der Waals surface area contributed by atoms with E-state index in [1.165, 1.54) is 24.3 Å². The minimum atomic E-state index is -0.464. The Morgan fingerprint density at radius 3 is 2.82 bits per heavy atom. The maximum atomic E-state index is 13.1. The number of ether oxygens (including phenoxy) is 2. The molecule has 0 saturated heterocycles. The number of hydrogen-bond acceptors (Lipinski definition) is 4. The summed E-state index contributed by atoms with van der Waals surface area (Å²) in [5, 5.41) is 2.56. The number of hydrogen-bond donors (Lipinski definition) is 1. The highest BCUT2D eigenvalue weighted by molar-refractivity contribution is 6.04. The SMILES string of the molecule is CCCCN=C(NC(=O)c1cccc(F)c1)OCCOCC. The standard InChI is InChI=1S/C16H23FN2O3/c1-3-5-9-18-16(22-11-10-21-4-2)19-15(20)13-7-6-8-14(17)12-13/h6-8,12H,3-5,9-11H2,1-2H3,(H,18,19,20). The molecule has 0 bridgehead atoms. The second-order valence-corrected chi connectivity index (χ2v) is 4.55. The Hall–Kier alpha value is -1.95. The molecular formula is C16H23FN2O3. The number of unbranched alkanes of at least 4 members (excludes halogenated alkanes) is 1. The van der Waals surface area contributed by atoms with Gasteiger partial charge in [-0.3, -0.25) is 10.1 Å². The van der Waals surface area contributed by atoms with Gasteiger partial charge in [-0.15, -0.1) is 0 Å². The Kier molecular flexibility index (Phi) is 8.83. The third kappa shape index (κ3) is 7.17. The molecule has 1 aromatic rings. The summed E-state index contributed by atoms with van der Waals surface area (Å²) >= 11 is 0. The first kappa shape index (κ1) is 18.1. The van der Waals surface area contributed by atoms with Crippen LogP contribution in [0.3, 0.4) is 0 Å². The zero-order chi connectivity index (χ0) is 16.2. The number of amides is 1. The summed E-state index contributed by atoms with van der Waals surface area (Å²) in [4.78, 5) is 16.3. The lowest BCUT2D eigenvalue weighted by molar-refractivity contribution is 0.0921. The molecule has 0 saturated carbocycles. The van der Waals surface area contributed by atoms with Crippen molar-refractivity contribution in [2.24, 2.45) is 4.99 Å². The van der Waals surface area contributed by atoms with Crippen LogP contribution < -0.4 is 5.32 Å². The van der Waals surface area contributed by atoms with Crippen molar-refractivity contribution in [3.05, 3.63) is 35.6 Å². The third-order valence-corrected chi connectivity index (χ3v) is 2.74. The van der Waals surface area contributed by atoms with Crippen molar-refractivity contribution in [3.63, 3.8) is 0 Å². The van der Waals surface area contributed by atoms with Crippen LogP contribution in [0.25, 0.3) is 0 Å². The van der Waals surface area contributed by atoms with Crippen molar-refractivity contribution in [2.45, 2.75) is 26.7 Å². The molecule has 1 amide bonds. The predicted molar refractivity (Wildman–Crippen MR) is 83.5 cm³/mol. The fraction of sp³-hybridized carbons (Fsp3) is 0.500. The number of carbonyl (C=O) groups is 1. The minimum Gasteiger partial charge on any atom is -0.463 e. The number of aliphatic imine (C=N–C) groups is 1. The first-order chi connectivity index (χ1) is 10.7. The molecule has 5 nitrogen and oxygen atoms in total. The van der Waals surface area contributed by atoms with E-state index >= 15 is 0 Å². The van der Waals surface area contributed by atoms with Crippen LogP contribution in [-0.2, 0) is 9.47 Å². The van der Waals surface area contributed by atoms with Crippen molar-refractivity contribution in [3.8, 4) is 0 Å². The molecular weight excluding hydrogens is 287 g/mol. The Morgan fingerprint density at radius 1 is 1.32 bits per heavy atom. The Balaban J connectivity index is 2.61. The van der Waals surface area contributed by atoms with Crippen molar-refractivity contribution in [2.75, 3.05) is 26.4 Å². The van der Waals surface area contributed by atoms with Crippen LogP contribution in [0.4, 0.5) is 4.39 Å². The molecule has 0 radical (unpaired) electrons. The molecule has 122 valence electrons. The van der Waals surface area contributed by atoms with Crippen LogP contribution in [0.1, 0.15) is 37.0 Å². The van der Waals surface area contributed by atoms with E-state index in [0.29, 0.717) is 26.4 Å². The van der Waals surface area contributed by atoms with E-state index in [1.807, 2.05) is 6.92 Å². The van der Waals surface area contributed by atoms with Gasteiger partial charge >= 0.3 is 0 Å². The maximum Gasteiger partial charge on any atom is 0.291 e. The van der Waals surface area contributed by atoms with E-state index in [-0.39, 0.29) is 11.6 Å². The molecule has 0 atom stereocenters. The average Bonchev–Trinajstić information content (AvgIpc) is 2.51. The quantitative estimate of drug-likeness (QED) is 0.456. The van der Waals surface area contributed by atoms with Gasteiger partial charge in [0.2, 0.25) is 0 Å². The fourth-order valence-corrected chi connectivity index (χ4v) is 1.60. The number of nitrogens with zero attached hydrogens (tertiary/aromatic N) is 1. The highest BCUT2D eigenvalue weighted by Crippen LogP contribution is 2.03. The van der Waals surface area contributed by atoms with Gasteiger partial charge < -0.3 is 9.47 Å². The van der Waals surface area contributed by atoms with Gasteiger partial charge in [0.15, 0.2) is 0 Å². The summed E-state index contributed by atoms with van der Waals surface area (Å²) in [7, 11) is 0. The van der Waals surface area contributed by atoms with Gasteiger partial charge in [-0.05, 0) is 31.5 Å². The van der Waals surface area contributed by atoms with Gasteiger partial charge in [0, 0.05) is 18.7 Å². The number of benzene rings is 1. The average molecular weight is 310 g/mol. The van der Waals surface area contributed by atoms with Crippen LogP contribution in [0.2, 0.25) is 0 Å². The number of halogens is 1. The summed E-state index contributed by atoms with van der Waals surface area (Å²) in [6, 6.07) is 5.60. The van der Waals surface area contributed by atoms with Crippen molar-refractivity contribution in [1.29, 1.82) is 0 Å². The van der Waals surface area contributed by atoms with E-state index in [0.717, 1.165) is 12.8 Å². The summed E-state index contributed by atoms with van der Waals surface area (Å²) in [6.07, 6.45) is 1.89. The monoisotopic (exact) mass is 310 g/mol. The summed E-state index contributed by atoms with van der Waals surface area (Å²) in [5.74, 6) is -0.916. The third-order valence-electron chi connectivity index (χ3n) is 2.74. The second kappa shape index (κ2) is 10.7. The van der Waals surface area contributed by atoms with Crippen molar-refractivity contribution in [1.82, 2.24) is 5.32 Å².